The monoisotopic (exact) mass is 338 g/mol. The molecule has 0 atom stereocenters. The van der Waals surface area contributed by atoms with Gasteiger partial charge in [-0.25, -0.2) is 0 Å². The molecular formula is C21H26N2O2. The lowest BCUT2D eigenvalue weighted by atomic mass is 9.99. The van der Waals surface area contributed by atoms with Gasteiger partial charge in [0.15, 0.2) is 0 Å². The van der Waals surface area contributed by atoms with Crippen LogP contribution in [0.15, 0.2) is 54.6 Å². The van der Waals surface area contributed by atoms with Crippen molar-refractivity contribution in [2.75, 3.05) is 13.1 Å². The van der Waals surface area contributed by atoms with E-state index in [1.165, 1.54) is 5.56 Å². The predicted molar refractivity (Wildman–Crippen MR) is 100 cm³/mol. The first-order chi connectivity index (χ1) is 12.1. The summed E-state index contributed by atoms with van der Waals surface area (Å²) in [6.07, 6.45) is 1.72. The van der Waals surface area contributed by atoms with Crippen LogP contribution in [0, 0.1) is 5.92 Å². The fourth-order valence-corrected chi connectivity index (χ4v) is 2.54. The van der Waals surface area contributed by atoms with Gasteiger partial charge in [0.1, 0.15) is 0 Å². The third-order valence-electron chi connectivity index (χ3n) is 4.02. The van der Waals surface area contributed by atoms with Crippen LogP contribution in [-0.2, 0) is 17.6 Å². The molecule has 2 aromatic carbocycles. The molecule has 2 amide bonds. The Morgan fingerprint density at radius 1 is 0.840 bits per heavy atom. The maximum absolute atomic E-state index is 12.4. The molecule has 0 aliphatic heterocycles. The molecule has 2 N–H and O–H groups in total. The molecule has 0 spiro atoms. The zero-order chi connectivity index (χ0) is 18.1. The lowest BCUT2D eigenvalue weighted by Gasteiger charge is -2.11. The van der Waals surface area contributed by atoms with Gasteiger partial charge >= 0.3 is 0 Å². The number of amides is 2. The molecule has 25 heavy (non-hydrogen) atoms. The third-order valence-corrected chi connectivity index (χ3v) is 4.02. The number of rotatable bonds is 8. The van der Waals surface area contributed by atoms with Gasteiger partial charge in [0.25, 0.3) is 5.91 Å². The number of benzene rings is 2. The molecule has 2 rings (SSSR count). The Morgan fingerprint density at radius 2 is 1.48 bits per heavy atom. The standard InChI is InChI=1S/C21H26N2O2/c1-16(2)20(24)22-14-15-23-21(25)19-11-7-6-10-18(19)13-12-17-8-4-3-5-9-17/h3-11,16H,12-15H2,1-2H3,(H,22,24)(H,23,25). The second-order valence-electron chi connectivity index (χ2n) is 6.34. The van der Waals surface area contributed by atoms with Crippen molar-refractivity contribution in [3.63, 3.8) is 0 Å². The van der Waals surface area contributed by atoms with E-state index >= 15 is 0 Å². The highest BCUT2D eigenvalue weighted by Crippen LogP contribution is 2.12. The molecule has 0 saturated carbocycles. The van der Waals surface area contributed by atoms with Crippen LogP contribution in [-0.4, -0.2) is 24.9 Å². The van der Waals surface area contributed by atoms with Gasteiger partial charge in [0.2, 0.25) is 5.91 Å². The van der Waals surface area contributed by atoms with Crippen LogP contribution in [0.4, 0.5) is 0 Å². The summed E-state index contributed by atoms with van der Waals surface area (Å²) < 4.78 is 0. The summed E-state index contributed by atoms with van der Waals surface area (Å²) >= 11 is 0. The Balaban J connectivity index is 1.88. The van der Waals surface area contributed by atoms with Crippen LogP contribution in [0.2, 0.25) is 0 Å². The van der Waals surface area contributed by atoms with Gasteiger partial charge in [-0.05, 0) is 30.0 Å². The van der Waals surface area contributed by atoms with E-state index in [4.69, 9.17) is 0 Å². The molecular weight excluding hydrogens is 312 g/mol. The molecule has 4 heteroatoms. The van der Waals surface area contributed by atoms with Gasteiger partial charge in [-0.2, -0.15) is 0 Å². The van der Waals surface area contributed by atoms with E-state index in [1.54, 1.807) is 0 Å². The van der Waals surface area contributed by atoms with Crippen molar-refractivity contribution in [2.24, 2.45) is 5.92 Å². The van der Waals surface area contributed by atoms with Crippen LogP contribution in [0.3, 0.4) is 0 Å². The minimum absolute atomic E-state index is 0.00231. The first-order valence-electron chi connectivity index (χ1n) is 8.75. The quantitative estimate of drug-likeness (QED) is 0.727. The summed E-state index contributed by atoms with van der Waals surface area (Å²) in [4.78, 5) is 23.9. The zero-order valence-electron chi connectivity index (χ0n) is 14.9. The Morgan fingerprint density at radius 3 is 2.20 bits per heavy atom. The summed E-state index contributed by atoms with van der Waals surface area (Å²) in [5.74, 6) is -0.144. The summed E-state index contributed by atoms with van der Waals surface area (Å²) in [7, 11) is 0. The molecule has 132 valence electrons. The first-order valence-corrected chi connectivity index (χ1v) is 8.75. The van der Waals surface area contributed by atoms with E-state index in [0.29, 0.717) is 18.7 Å². The molecule has 0 aliphatic rings. The lowest BCUT2D eigenvalue weighted by molar-refractivity contribution is -0.123. The predicted octanol–water partition coefficient (Wildman–Crippen LogP) is 2.97. The van der Waals surface area contributed by atoms with Crippen molar-refractivity contribution < 1.29 is 9.59 Å². The highest BCUT2D eigenvalue weighted by Gasteiger charge is 2.11. The molecule has 0 bridgehead atoms. The van der Waals surface area contributed by atoms with Crippen molar-refractivity contribution in [1.29, 1.82) is 0 Å². The highest BCUT2D eigenvalue weighted by molar-refractivity contribution is 5.95. The SMILES string of the molecule is CC(C)C(=O)NCCNC(=O)c1ccccc1CCc1ccccc1. The number of carbonyl (C=O) groups excluding carboxylic acids is 2. The molecule has 0 radical (unpaired) electrons. The van der Waals surface area contributed by atoms with Gasteiger partial charge < -0.3 is 10.6 Å². The largest absolute Gasteiger partial charge is 0.354 e. The topological polar surface area (TPSA) is 58.2 Å². The van der Waals surface area contributed by atoms with Crippen LogP contribution in [0.25, 0.3) is 0 Å². The van der Waals surface area contributed by atoms with Crippen molar-refractivity contribution in [1.82, 2.24) is 10.6 Å². The summed E-state index contributed by atoms with van der Waals surface area (Å²) in [5.41, 5.74) is 3.00. The molecule has 0 unspecified atom stereocenters. The molecule has 0 fully saturated rings. The molecule has 4 nitrogen and oxygen atoms in total. The average molecular weight is 338 g/mol. The zero-order valence-corrected chi connectivity index (χ0v) is 14.9. The Labute approximate surface area is 149 Å². The van der Waals surface area contributed by atoms with E-state index < -0.39 is 0 Å². The Bertz CT molecular complexity index is 696. The van der Waals surface area contributed by atoms with E-state index in [2.05, 4.69) is 22.8 Å². The first kappa shape index (κ1) is 18.7. The van der Waals surface area contributed by atoms with E-state index in [1.807, 2.05) is 56.3 Å². The summed E-state index contributed by atoms with van der Waals surface area (Å²) in [6.45, 7) is 4.55. The van der Waals surface area contributed by atoms with Crippen LogP contribution < -0.4 is 10.6 Å². The number of nitrogens with one attached hydrogen (secondary N) is 2. The highest BCUT2D eigenvalue weighted by atomic mass is 16.2. The molecule has 2 aromatic rings. The summed E-state index contributed by atoms with van der Waals surface area (Å²) in [6, 6.07) is 17.9. The van der Waals surface area contributed by atoms with Crippen molar-refractivity contribution >= 4 is 11.8 Å². The van der Waals surface area contributed by atoms with Crippen molar-refractivity contribution in [3.05, 3.63) is 71.3 Å². The minimum atomic E-state index is -0.0949. The van der Waals surface area contributed by atoms with Gasteiger partial charge in [-0.3, -0.25) is 9.59 Å². The molecule has 0 saturated heterocycles. The van der Waals surface area contributed by atoms with Crippen molar-refractivity contribution in [3.8, 4) is 0 Å². The third kappa shape index (κ3) is 6.07. The Kier molecular flexibility index (Phi) is 7.20. The van der Waals surface area contributed by atoms with Crippen LogP contribution in [0.5, 0.6) is 0 Å². The van der Waals surface area contributed by atoms with Crippen LogP contribution in [0.1, 0.15) is 35.3 Å². The normalized spacial score (nSPS) is 10.5. The van der Waals surface area contributed by atoms with Gasteiger partial charge in [-0.15, -0.1) is 0 Å². The lowest BCUT2D eigenvalue weighted by Crippen LogP contribution is -2.36. The maximum atomic E-state index is 12.4. The number of hydrogen-bond acceptors (Lipinski definition) is 2. The fourth-order valence-electron chi connectivity index (χ4n) is 2.54. The van der Waals surface area contributed by atoms with Crippen molar-refractivity contribution in [2.45, 2.75) is 26.7 Å². The van der Waals surface area contributed by atoms with E-state index in [0.717, 1.165) is 18.4 Å². The molecule has 0 aromatic heterocycles. The van der Waals surface area contributed by atoms with E-state index in [9.17, 15) is 9.59 Å². The Hall–Kier alpha value is -2.62. The molecule has 0 heterocycles. The van der Waals surface area contributed by atoms with Gasteiger partial charge in [0, 0.05) is 24.6 Å². The average Bonchev–Trinajstić information content (AvgIpc) is 2.64. The summed E-state index contributed by atoms with van der Waals surface area (Å²) in [5, 5.41) is 5.67. The number of carbonyl (C=O) groups is 2. The fraction of sp³-hybridized carbons (Fsp3) is 0.333. The number of hydrogen-bond donors (Lipinski definition) is 2. The second-order valence-corrected chi connectivity index (χ2v) is 6.34. The van der Waals surface area contributed by atoms with E-state index in [-0.39, 0.29) is 17.7 Å². The van der Waals surface area contributed by atoms with Gasteiger partial charge in [-0.1, -0.05) is 62.4 Å². The minimum Gasteiger partial charge on any atom is -0.354 e. The smallest absolute Gasteiger partial charge is 0.251 e. The maximum Gasteiger partial charge on any atom is 0.251 e. The molecule has 0 aliphatic carbocycles. The van der Waals surface area contributed by atoms with Crippen LogP contribution >= 0.6 is 0 Å². The number of aryl methyl sites for hydroxylation is 2. The van der Waals surface area contributed by atoms with Gasteiger partial charge in [0.05, 0.1) is 0 Å². The second kappa shape index (κ2) is 9.62.